The molecular formula is C15H29N3O2. The number of piperazine rings is 1. The zero-order valence-electron chi connectivity index (χ0n) is 12.8. The van der Waals surface area contributed by atoms with Gasteiger partial charge in [0.25, 0.3) is 0 Å². The summed E-state index contributed by atoms with van der Waals surface area (Å²) in [4.78, 5) is 18.1. The molecule has 20 heavy (non-hydrogen) atoms. The predicted molar refractivity (Wildman–Crippen MR) is 80.0 cm³/mol. The molecule has 1 N–H and O–H groups in total. The maximum absolute atomic E-state index is 10.6. The van der Waals surface area contributed by atoms with Crippen LogP contribution >= 0.6 is 0 Å². The number of likely N-dealkylation sites (tertiary alicyclic amines) is 1. The van der Waals surface area contributed by atoms with Crippen molar-refractivity contribution in [3.05, 3.63) is 0 Å². The number of carboxylic acids is 1. The van der Waals surface area contributed by atoms with E-state index in [-0.39, 0.29) is 6.42 Å². The Morgan fingerprint density at radius 2 is 1.80 bits per heavy atom. The number of hydrogen-bond acceptors (Lipinski definition) is 4. The number of nitrogens with zero attached hydrogens (tertiary/aromatic N) is 3. The molecule has 0 radical (unpaired) electrons. The molecule has 2 saturated heterocycles. The summed E-state index contributed by atoms with van der Waals surface area (Å²) in [5, 5.41) is 8.74. The highest BCUT2D eigenvalue weighted by Gasteiger charge is 2.25. The van der Waals surface area contributed by atoms with Gasteiger partial charge in [-0.05, 0) is 38.9 Å². The third kappa shape index (κ3) is 4.72. The van der Waals surface area contributed by atoms with Crippen LogP contribution in [0, 0.1) is 0 Å². The summed E-state index contributed by atoms with van der Waals surface area (Å²) in [6.07, 6.45) is 4.21. The van der Waals surface area contributed by atoms with Gasteiger partial charge in [0.15, 0.2) is 0 Å². The molecule has 2 aliphatic rings. The number of carboxylic acid groups (broad SMARTS) is 1. The van der Waals surface area contributed by atoms with Crippen molar-refractivity contribution >= 4 is 5.97 Å². The van der Waals surface area contributed by atoms with Crippen molar-refractivity contribution in [2.24, 2.45) is 0 Å². The Kier molecular flexibility index (Phi) is 6.26. The molecule has 0 aliphatic carbocycles. The van der Waals surface area contributed by atoms with Gasteiger partial charge in [-0.3, -0.25) is 9.69 Å². The molecule has 0 aromatic carbocycles. The van der Waals surface area contributed by atoms with E-state index in [1.165, 1.54) is 38.9 Å². The molecule has 0 aromatic heterocycles. The Hall–Kier alpha value is -0.650. The summed E-state index contributed by atoms with van der Waals surface area (Å²) in [7, 11) is 0. The molecule has 2 aliphatic heterocycles. The molecule has 1 atom stereocenters. The summed E-state index contributed by atoms with van der Waals surface area (Å²) < 4.78 is 0. The zero-order valence-corrected chi connectivity index (χ0v) is 12.8. The Labute approximate surface area is 122 Å². The summed E-state index contributed by atoms with van der Waals surface area (Å²) in [5.74, 6) is -0.684. The third-order valence-electron chi connectivity index (χ3n) is 4.80. The smallest absolute Gasteiger partial charge is 0.304 e. The molecule has 2 rings (SSSR count). The van der Waals surface area contributed by atoms with Crippen molar-refractivity contribution in [2.45, 2.75) is 38.6 Å². The largest absolute Gasteiger partial charge is 0.481 e. The molecule has 5 nitrogen and oxygen atoms in total. The zero-order chi connectivity index (χ0) is 14.4. The Bertz CT molecular complexity index is 303. The van der Waals surface area contributed by atoms with Crippen LogP contribution in [0.3, 0.4) is 0 Å². The van der Waals surface area contributed by atoms with Gasteiger partial charge < -0.3 is 14.9 Å². The minimum Gasteiger partial charge on any atom is -0.481 e. The molecule has 0 spiro atoms. The fraction of sp³-hybridized carbons (Fsp3) is 0.933. The van der Waals surface area contributed by atoms with Crippen molar-refractivity contribution in [3.63, 3.8) is 0 Å². The van der Waals surface area contributed by atoms with Crippen LogP contribution in [-0.2, 0) is 4.79 Å². The first-order valence-electron chi connectivity index (χ1n) is 8.09. The fourth-order valence-corrected chi connectivity index (χ4v) is 3.43. The lowest BCUT2D eigenvalue weighted by Gasteiger charge is -2.39. The predicted octanol–water partition coefficient (Wildman–Crippen LogP) is 0.953. The minimum atomic E-state index is -0.684. The second-order valence-corrected chi connectivity index (χ2v) is 6.04. The van der Waals surface area contributed by atoms with Crippen molar-refractivity contribution < 1.29 is 9.90 Å². The first kappa shape index (κ1) is 15.7. The molecule has 116 valence electrons. The van der Waals surface area contributed by atoms with Gasteiger partial charge in [0, 0.05) is 38.8 Å². The lowest BCUT2D eigenvalue weighted by atomic mass is 10.1. The van der Waals surface area contributed by atoms with E-state index in [9.17, 15) is 4.79 Å². The van der Waals surface area contributed by atoms with Crippen molar-refractivity contribution in [3.8, 4) is 0 Å². The van der Waals surface area contributed by atoms with Gasteiger partial charge in [-0.25, -0.2) is 0 Å². The second-order valence-electron chi connectivity index (χ2n) is 6.04. The Morgan fingerprint density at radius 1 is 1.05 bits per heavy atom. The molecular weight excluding hydrogens is 254 g/mol. The minimum absolute atomic E-state index is 0.273. The van der Waals surface area contributed by atoms with Crippen LogP contribution in [0.1, 0.15) is 32.6 Å². The highest BCUT2D eigenvalue weighted by atomic mass is 16.4. The molecule has 0 bridgehead atoms. The highest BCUT2D eigenvalue weighted by molar-refractivity contribution is 5.66. The van der Waals surface area contributed by atoms with E-state index in [4.69, 9.17) is 5.11 Å². The van der Waals surface area contributed by atoms with Gasteiger partial charge in [0.2, 0.25) is 0 Å². The van der Waals surface area contributed by atoms with E-state index >= 15 is 0 Å². The maximum atomic E-state index is 10.6. The fourth-order valence-electron chi connectivity index (χ4n) is 3.43. The van der Waals surface area contributed by atoms with E-state index < -0.39 is 5.97 Å². The highest BCUT2D eigenvalue weighted by Crippen LogP contribution is 2.18. The molecule has 0 amide bonds. The number of carbonyl (C=O) groups is 1. The summed E-state index contributed by atoms with van der Waals surface area (Å²) in [5.41, 5.74) is 0. The SMILES string of the molecule is CCN1CCCC(N2CCN(CCC(=O)O)CC2)CC1. The lowest BCUT2D eigenvalue weighted by molar-refractivity contribution is -0.137. The van der Waals surface area contributed by atoms with Crippen LogP contribution in [0.15, 0.2) is 0 Å². The molecule has 0 saturated carbocycles. The van der Waals surface area contributed by atoms with Crippen molar-refractivity contribution in [1.29, 1.82) is 0 Å². The van der Waals surface area contributed by atoms with Gasteiger partial charge in [0.1, 0.15) is 0 Å². The van der Waals surface area contributed by atoms with Gasteiger partial charge in [-0.1, -0.05) is 6.92 Å². The van der Waals surface area contributed by atoms with Gasteiger partial charge >= 0.3 is 5.97 Å². The summed E-state index contributed by atoms with van der Waals surface area (Å²) in [6, 6.07) is 0.744. The first-order valence-corrected chi connectivity index (χ1v) is 8.09. The van der Waals surface area contributed by atoms with Gasteiger partial charge in [0.05, 0.1) is 6.42 Å². The van der Waals surface area contributed by atoms with E-state index in [1.54, 1.807) is 0 Å². The van der Waals surface area contributed by atoms with Crippen molar-refractivity contribution in [1.82, 2.24) is 14.7 Å². The third-order valence-corrected chi connectivity index (χ3v) is 4.80. The molecule has 1 unspecified atom stereocenters. The van der Waals surface area contributed by atoms with Crippen LogP contribution in [0.25, 0.3) is 0 Å². The van der Waals surface area contributed by atoms with Crippen LogP contribution in [-0.4, -0.2) is 84.2 Å². The van der Waals surface area contributed by atoms with Crippen LogP contribution in [0.2, 0.25) is 0 Å². The van der Waals surface area contributed by atoms with Crippen LogP contribution in [0.4, 0.5) is 0 Å². The number of hydrogen-bond donors (Lipinski definition) is 1. The maximum Gasteiger partial charge on any atom is 0.304 e. The molecule has 5 heteroatoms. The van der Waals surface area contributed by atoms with E-state index in [2.05, 4.69) is 21.6 Å². The quantitative estimate of drug-likeness (QED) is 0.814. The first-order chi connectivity index (χ1) is 9.69. The average molecular weight is 283 g/mol. The summed E-state index contributed by atoms with van der Waals surface area (Å²) >= 11 is 0. The molecule has 2 heterocycles. The van der Waals surface area contributed by atoms with Crippen LogP contribution in [0.5, 0.6) is 0 Å². The van der Waals surface area contributed by atoms with E-state index in [0.717, 1.165) is 32.2 Å². The molecule has 0 aromatic rings. The normalized spacial score (nSPS) is 27.4. The van der Waals surface area contributed by atoms with Crippen molar-refractivity contribution in [2.75, 3.05) is 52.4 Å². The Morgan fingerprint density at radius 3 is 2.45 bits per heavy atom. The summed E-state index contributed by atoms with van der Waals surface area (Å²) in [6.45, 7) is 10.9. The lowest BCUT2D eigenvalue weighted by Crippen LogP contribution is -2.50. The van der Waals surface area contributed by atoms with Crippen LogP contribution < -0.4 is 0 Å². The Balaban J connectivity index is 1.71. The van der Waals surface area contributed by atoms with E-state index in [0.29, 0.717) is 6.54 Å². The topological polar surface area (TPSA) is 47.0 Å². The monoisotopic (exact) mass is 283 g/mol. The second kappa shape index (κ2) is 7.96. The number of aliphatic carboxylic acids is 1. The molecule has 2 fully saturated rings. The number of rotatable bonds is 5. The van der Waals surface area contributed by atoms with Gasteiger partial charge in [-0.2, -0.15) is 0 Å². The standard InChI is InChI=1S/C15H29N3O2/c1-2-16-7-3-4-14(5-8-16)18-12-10-17(11-13-18)9-6-15(19)20/h14H,2-13H2,1H3,(H,19,20). The van der Waals surface area contributed by atoms with Gasteiger partial charge in [-0.15, -0.1) is 0 Å². The van der Waals surface area contributed by atoms with E-state index in [1.807, 2.05) is 0 Å². The average Bonchev–Trinajstić information content (AvgIpc) is 2.71.